The maximum atomic E-state index is 13.7. The van der Waals surface area contributed by atoms with Crippen LogP contribution in [0.3, 0.4) is 0 Å². The highest BCUT2D eigenvalue weighted by Gasteiger charge is 2.15. The average molecular weight is 377 g/mol. The molecule has 0 unspecified atom stereocenters. The molecule has 0 aliphatic rings. The topological polar surface area (TPSA) is 62.3 Å². The minimum absolute atomic E-state index is 0.0409. The van der Waals surface area contributed by atoms with Crippen LogP contribution < -0.4 is 5.32 Å². The van der Waals surface area contributed by atoms with Crippen LogP contribution in [-0.2, 0) is 13.1 Å². The van der Waals surface area contributed by atoms with Gasteiger partial charge in [-0.15, -0.1) is 0 Å². The van der Waals surface area contributed by atoms with Crippen LogP contribution in [0.15, 0.2) is 72.9 Å². The lowest BCUT2D eigenvalue weighted by Gasteiger charge is -2.17. The van der Waals surface area contributed by atoms with Gasteiger partial charge in [0.1, 0.15) is 11.5 Å². The number of halogens is 1. The zero-order valence-corrected chi connectivity index (χ0v) is 15.4. The molecule has 0 spiro atoms. The highest BCUT2D eigenvalue weighted by atomic mass is 19.1. The maximum Gasteiger partial charge on any atom is 0.270 e. The Balaban J connectivity index is 1.66. The first-order chi connectivity index (χ1) is 13.5. The lowest BCUT2D eigenvalue weighted by molar-refractivity contribution is 0.0785. The molecule has 1 N–H and O–H groups in total. The summed E-state index contributed by atoms with van der Waals surface area (Å²) < 4.78 is 13.7. The standard InChI is InChI=1S/C22H20FN3O2/c1-26(15-16-7-3-2-4-8-16)22(28)17-11-12-24-20(13-17)21(27)25-14-18-9-5-6-10-19(18)23/h2-13H,14-15H2,1H3,(H,25,27). The molecular weight excluding hydrogens is 357 g/mol. The fourth-order valence-electron chi connectivity index (χ4n) is 2.75. The fourth-order valence-corrected chi connectivity index (χ4v) is 2.75. The van der Waals surface area contributed by atoms with E-state index in [2.05, 4.69) is 10.3 Å². The van der Waals surface area contributed by atoms with Crippen molar-refractivity contribution in [1.29, 1.82) is 0 Å². The monoisotopic (exact) mass is 377 g/mol. The zero-order chi connectivity index (χ0) is 19.9. The van der Waals surface area contributed by atoms with Gasteiger partial charge in [0.25, 0.3) is 11.8 Å². The minimum atomic E-state index is -0.469. The minimum Gasteiger partial charge on any atom is -0.347 e. The summed E-state index contributed by atoms with van der Waals surface area (Å²) in [6.45, 7) is 0.496. The molecule has 3 rings (SSSR count). The molecule has 1 aromatic heterocycles. The molecule has 1 heterocycles. The normalized spacial score (nSPS) is 10.4. The van der Waals surface area contributed by atoms with E-state index in [1.54, 1.807) is 36.2 Å². The van der Waals surface area contributed by atoms with Gasteiger partial charge in [0.2, 0.25) is 0 Å². The molecule has 0 atom stereocenters. The van der Waals surface area contributed by atoms with Gasteiger partial charge in [0.15, 0.2) is 0 Å². The third-order valence-electron chi connectivity index (χ3n) is 4.25. The number of nitrogens with zero attached hydrogens (tertiary/aromatic N) is 2. The van der Waals surface area contributed by atoms with Crippen LogP contribution in [0.2, 0.25) is 0 Å². The predicted octanol–water partition coefficient (Wildman–Crippen LogP) is 3.42. The number of hydrogen-bond acceptors (Lipinski definition) is 3. The molecule has 2 amide bonds. The number of hydrogen-bond donors (Lipinski definition) is 1. The van der Waals surface area contributed by atoms with Crippen molar-refractivity contribution >= 4 is 11.8 Å². The second kappa shape index (κ2) is 8.90. The Hall–Kier alpha value is -3.54. The molecule has 0 saturated carbocycles. The Kier molecular flexibility index (Phi) is 6.11. The largest absolute Gasteiger partial charge is 0.347 e. The Morgan fingerprint density at radius 1 is 1.04 bits per heavy atom. The van der Waals surface area contributed by atoms with E-state index in [0.717, 1.165) is 5.56 Å². The Bertz CT molecular complexity index is 976. The second-order valence-electron chi connectivity index (χ2n) is 6.35. The van der Waals surface area contributed by atoms with Crippen LogP contribution >= 0.6 is 0 Å². The number of carbonyl (C=O) groups is 2. The number of benzene rings is 2. The average Bonchev–Trinajstić information content (AvgIpc) is 2.73. The molecule has 6 heteroatoms. The van der Waals surface area contributed by atoms with Crippen LogP contribution in [0, 0.1) is 5.82 Å². The number of amides is 2. The molecule has 3 aromatic rings. The summed E-state index contributed by atoms with van der Waals surface area (Å²) in [5.41, 5.74) is 1.86. The Morgan fingerprint density at radius 3 is 2.50 bits per heavy atom. The zero-order valence-electron chi connectivity index (χ0n) is 15.4. The van der Waals surface area contributed by atoms with E-state index < -0.39 is 5.91 Å². The van der Waals surface area contributed by atoms with Crippen molar-refractivity contribution in [3.63, 3.8) is 0 Å². The smallest absolute Gasteiger partial charge is 0.270 e. The first-order valence-corrected chi connectivity index (χ1v) is 8.81. The van der Waals surface area contributed by atoms with Crippen molar-refractivity contribution in [2.75, 3.05) is 7.05 Å². The number of nitrogens with one attached hydrogen (secondary N) is 1. The first kappa shape index (κ1) is 19.2. The van der Waals surface area contributed by atoms with Gasteiger partial charge in [0.05, 0.1) is 0 Å². The van der Waals surface area contributed by atoms with Gasteiger partial charge in [-0.25, -0.2) is 4.39 Å². The van der Waals surface area contributed by atoms with Crippen molar-refractivity contribution < 1.29 is 14.0 Å². The number of pyridine rings is 1. The highest BCUT2D eigenvalue weighted by molar-refractivity contribution is 5.98. The van der Waals surface area contributed by atoms with Gasteiger partial charge in [-0.1, -0.05) is 48.5 Å². The van der Waals surface area contributed by atoms with Crippen molar-refractivity contribution in [3.05, 3.63) is 101 Å². The molecule has 0 bridgehead atoms. The van der Waals surface area contributed by atoms with Crippen LogP contribution in [0.5, 0.6) is 0 Å². The summed E-state index contributed by atoms with van der Waals surface area (Å²) in [6, 6.07) is 18.9. The van der Waals surface area contributed by atoms with E-state index in [1.807, 2.05) is 30.3 Å². The molecule has 0 saturated heterocycles. The number of rotatable bonds is 6. The summed E-state index contributed by atoms with van der Waals surface area (Å²) >= 11 is 0. The summed E-state index contributed by atoms with van der Waals surface area (Å²) in [5.74, 6) is -1.07. The molecular formula is C22H20FN3O2. The molecule has 0 aliphatic carbocycles. The van der Waals surface area contributed by atoms with E-state index in [1.165, 1.54) is 18.3 Å². The third-order valence-corrected chi connectivity index (χ3v) is 4.25. The van der Waals surface area contributed by atoms with Gasteiger partial charge in [-0.3, -0.25) is 14.6 Å². The third kappa shape index (κ3) is 4.79. The summed E-state index contributed by atoms with van der Waals surface area (Å²) in [5, 5.41) is 2.62. The quantitative estimate of drug-likeness (QED) is 0.716. The molecule has 142 valence electrons. The molecule has 5 nitrogen and oxygen atoms in total. The molecule has 0 fully saturated rings. The maximum absolute atomic E-state index is 13.7. The summed E-state index contributed by atoms with van der Waals surface area (Å²) in [6.07, 6.45) is 1.42. The summed E-state index contributed by atoms with van der Waals surface area (Å²) in [7, 11) is 1.70. The van der Waals surface area contributed by atoms with Gasteiger partial charge >= 0.3 is 0 Å². The van der Waals surface area contributed by atoms with Crippen LogP contribution in [0.1, 0.15) is 32.0 Å². The van der Waals surface area contributed by atoms with Gasteiger partial charge in [-0.05, 0) is 23.8 Å². The van der Waals surface area contributed by atoms with Crippen LogP contribution in [0.25, 0.3) is 0 Å². The molecule has 0 radical (unpaired) electrons. The number of aromatic nitrogens is 1. The van der Waals surface area contributed by atoms with E-state index in [9.17, 15) is 14.0 Å². The van der Waals surface area contributed by atoms with Crippen molar-refractivity contribution in [1.82, 2.24) is 15.2 Å². The van der Waals surface area contributed by atoms with Gasteiger partial charge in [0, 0.05) is 37.5 Å². The Labute approximate surface area is 162 Å². The first-order valence-electron chi connectivity index (χ1n) is 8.81. The fraction of sp³-hybridized carbons (Fsp3) is 0.136. The van der Waals surface area contributed by atoms with Crippen molar-refractivity contribution in [3.8, 4) is 0 Å². The van der Waals surface area contributed by atoms with Crippen molar-refractivity contribution in [2.45, 2.75) is 13.1 Å². The summed E-state index contributed by atoms with van der Waals surface area (Å²) in [4.78, 5) is 30.6. The van der Waals surface area contributed by atoms with E-state index >= 15 is 0 Å². The molecule has 0 aliphatic heterocycles. The van der Waals surface area contributed by atoms with Gasteiger partial charge in [-0.2, -0.15) is 0 Å². The van der Waals surface area contributed by atoms with E-state index in [0.29, 0.717) is 17.7 Å². The van der Waals surface area contributed by atoms with Gasteiger partial charge < -0.3 is 10.2 Å². The molecule has 2 aromatic carbocycles. The number of carbonyl (C=O) groups excluding carboxylic acids is 2. The second-order valence-corrected chi connectivity index (χ2v) is 6.35. The lowest BCUT2D eigenvalue weighted by Crippen LogP contribution is -2.28. The molecule has 28 heavy (non-hydrogen) atoms. The van der Waals surface area contributed by atoms with Crippen LogP contribution in [0.4, 0.5) is 4.39 Å². The van der Waals surface area contributed by atoms with Crippen molar-refractivity contribution in [2.24, 2.45) is 0 Å². The van der Waals surface area contributed by atoms with E-state index in [4.69, 9.17) is 0 Å². The Morgan fingerprint density at radius 2 is 1.75 bits per heavy atom. The van der Waals surface area contributed by atoms with E-state index in [-0.39, 0.29) is 24.0 Å². The highest BCUT2D eigenvalue weighted by Crippen LogP contribution is 2.10. The SMILES string of the molecule is CN(Cc1ccccc1)C(=O)c1ccnc(C(=O)NCc2ccccc2F)c1. The lowest BCUT2D eigenvalue weighted by atomic mass is 10.1. The predicted molar refractivity (Wildman–Crippen MR) is 104 cm³/mol. The van der Waals surface area contributed by atoms with Crippen LogP contribution in [-0.4, -0.2) is 28.7 Å².